The summed E-state index contributed by atoms with van der Waals surface area (Å²) >= 11 is 0. The molecule has 182 valence electrons. The van der Waals surface area contributed by atoms with Gasteiger partial charge in [0.25, 0.3) is 0 Å². The smallest absolute Gasteiger partial charge is 0.242 e. The van der Waals surface area contributed by atoms with Gasteiger partial charge in [-0.15, -0.1) is 0 Å². The van der Waals surface area contributed by atoms with Gasteiger partial charge in [-0.2, -0.15) is 0 Å². The van der Waals surface area contributed by atoms with Crippen LogP contribution < -0.4 is 0 Å². The van der Waals surface area contributed by atoms with E-state index in [4.69, 9.17) is 0 Å². The SMILES string of the molecule is CN1C(=O)C[C@@](CC(=O)N2CCN(C3CCCC3)C(=O)C2)(c2ccc(-c3ccccc3)cc2)C1=O. The van der Waals surface area contributed by atoms with Crippen molar-refractivity contribution in [2.45, 2.75) is 50.0 Å². The van der Waals surface area contributed by atoms with Crippen LogP contribution in [-0.2, 0) is 24.6 Å². The predicted octanol–water partition coefficient (Wildman–Crippen LogP) is 2.98. The molecule has 7 nitrogen and oxygen atoms in total. The molecule has 2 aliphatic heterocycles. The second-order valence-electron chi connectivity index (χ2n) is 9.98. The van der Waals surface area contributed by atoms with E-state index >= 15 is 0 Å². The number of carbonyl (C=O) groups is 4. The molecular formula is C28H31N3O4. The zero-order chi connectivity index (χ0) is 24.6. The number of rotatable bonds is 5. The highest BCUT2D eigenvalue weighted by atomic mass is 16.2. The molecule has 35 heavy (non-hydrogen) atoms. The number of likely N-dealkylation sites (N-methyl/N-ethyl adjacent to an activating group) is 1. The van der Waals surface area contributed by atoms with E-state index in [9.17, 15) is 19.2 Å². The summed E-state index contributed by atoms with van der Waals surface area (Å²) in [5.41, 5.74) is 1.46. The van der Waals surface area contributed by atoms with Crippen molar-refractivity contribution >= 4 is 23.6 Å². The molecule has 2 aromatic rings. The first-order valence-electron chi connectivity index (χ1n) is 12.4. The van der Waals surface area contributed by atoms with E-state index in [1.54, 1.807) is 4.90 Å². The number of hydrogen-bond acceptors (Lipinski definition) is 4. The molecular weight excluding hydrogens is 442 g/mol. The van der Waals surface area contributed by atoms with Crippen LogP contribution in [-0.4, -0.2) is 71.1 Å². The summed E-state index contributed by atoms with van der Waals surface area (Å²) in [5.74, 6) is -0.937. The van der Waals surface area contributed by atoms with Crippen LogP contribution in [0.25, 0.3) is 11.1 Å². The summed E-state index contributed by atoms with van der Waals surface area (Å²) in [7, 11) is 1.47. The highest BCUT2D eigenvalue weighted by Crippen LogP contribution is 2.40. The average Bonchev–Trinajstić information content (AvgIpc) is 3.49. The number of likely N-dealkylation sites (tertiary alicyclic amines) is 1. The lowest BCUT2D eigenvalue weighted by molar-refractivity contribution is -0.148. The second kappa shape index (κ2) is 9.29. The Labute approximate surface area is 205 Å². The van der Waals surface area contributed by atoms with E-state index < -0.39 is 5.41 Å². The molecule has 2 heterocycles. The molecule has 2 saturated heterocycles. The standard InChI is InChI=1S/C28H31N3O4/c1-29-24(32)17-28(27(29)35,22-13-11-21(12-14-22)20-7-3-2-4-8-20)18-25(33)30-15-16-31(26(34)19-30)23-9-5-6-10-23/h2-4,7-8,11-14,23H,5-6,9-10,15-19H2,1H3/t28-/m1/s1. The van der Waals surface area contributed by atoms with Gasteiger partial charge in [-0.1, -0.05) is 67.4 Å². The number of carbonyl (C=O) groups excluding carboxylic acids is 4. The topological polar surface area (TPSA) is 78.0 Å². The van der Waals surface area contributed by atoms with Crippen LogP contribution in [0.3, 0.4) is 0 Å². The fourth-order valence-corrected chi connectivity index (χ4v) is 5.84. The molecule has 2 aromatic carbocycles. The maximum Gasteiger partial charge on any atom is 0.242 e. The third-order valence-electron chi connectivity index (χ3n) is 7.91. The quantitative estimate of drug-likeness (QED) is 0.626. The molecule has 5 rings (SSSR count). The lowest BCUT2D eigenvalue weighted by Gasteiger charge is -2.39. The highest BCUT2D eigenvalue weighted by Gasteiger charge is 2.53. The maximum atomic E-state index is 13.4. The third kappa shape index (κ3) is 4.24. The molecule has 3 fully saturated rings. The Morgan fingerprint density at radius 1 is 0.886 bits per heavy atom. The summed E-state index contributed by atoms with van der Waals surface area (Å²) in [6.07, 6.45) is 4.19. The van der Waals surface area contributed by atoms with Crippen molar-refractivity contribution in [2.75, 3.05) is 26.7 Å². The zero-order valence-electron chi connectivity index (χ0n) is 20.1. The summed E-state index contributed by atoms with van der Waals surface area (Å²) in [5, 5.41) is 0. The van der Waals surface area contributed by atoms with Crippen molar-refractivity contribution in [1.82, 2.24) is 14.7 Å². The van der Waals surface area contributed by atoms with Crippen molar-refractivity contribution in [1.29, 1.82) is 0 Å². The molecule has 7 heteroatoms. The minimum atomic E-state index is -1.25. The average molecular weight is 474 g/mol. The fraction of sp³-hybridized carbons (Fsp3) is 0.429. The lowest BCUT2D eigenvalue weighted by Crippen LogP contribution is -2.55. The fourth-order valence-electron chi connectivity index (χ4n) is 5.84. The summed E-state index contributed by atoms with van der Waals surface area (Å²) in [6, 6.07) is 17.7. The van der Waals surface area contributed by atoms with E-state index in [-0.39, 0.29) is 49.1 Å². The minimum Gasteiger partial charge on any atom is -0.336 e. The second-order valence-corrected chi connectivity index (χ2v) is 9.98. The Balaban J connectivity index is 1.37. The minimum absolute atomic E-state index is 0.0243. The van der Waals surface area contributed by atoms with E-state index in [1.165, 1.54) is 7.05 Å². The Kier molecular flexibility index (Phi) is 6.17. The first-order valence-corrected chi connectivity index (χ1v) is 12.4. The monoisotopic (exact) mass is 473 g/mol. The molecule has 0 spiro atoms. The van der Waals surface area contributed by atoms with Crippen molar-refractivity contribution in [3.8, 4) is 11.1 Å². The first-order chi connectivity index (χ1) is 16.9. The molecule has 1 atom stereocenters. The number of imide groups is 1. The van der Waals surface area contributed by atoms with E-state index in [2.05, 4.69) is 0 Å². The Morgan fingerprint density at radius 2 is 1.54 bits per heavy atom. The van der Waals surface area contributed by atoms with Crippen molar-refractivity contribution in [3.05, 3.63) is 60.2 Å². The summed E-state index contributed by atoms with van der Waals surface area (Å²) in [4.78, 5) is 56.8. The van der Waals surface area contributed by atoms with E-state index in [0.29, 0.717) is 18.7 Å². The molecule has 1 aliphatic carbocycles. The molecule has 3 aliphatic rings. The van der Waals surface area contributed by atoms with Crippen LogP contribution in [0.4, 0.5) is 0 Å². The van der Waals surface area contributed by atoms with Gasteiger partial charge in [-0.3, -0.25) is 24.1 Å². The molecule has 4 amide bonds. The number of benzene rings is 2. The van der Waals surface area contributed by atoms with Gasteiger partial charge in [0.1, 0.15) is 0 Å². The predicted molar refractivity (Wildman–Crippen MR) is 131 cm³/mol. The highest BCUT2D eigenvalue weighted by molar-refractivity contribution is 6.10. The van der Waals surface area contributed by atoms with Crippen LogP contribution in [0, 0.1) is 0 Å². The van der Waals surface area contributed by atoms with Crippen molar-refractivity contribution in [3.63, 3.8) is 0 Å². The van der Waals surface area contributed by atoms with Gasteiger partial charge in [0, 0.05) is 39.0 Å². The normalized spacial score (nSPS) is 23.5. The Hall–Kier alpha value is -3.48. The van der Waals surface area contributed by atoms with Gasteiger partial charge in [0.2, 0.25) is 23.6 Å². The van der Waals surface area contributed by atoms with Crippen LogP contribution in [0.15, 0.2) is 54.6 Å². The van der Waals surface area contributed by atoms with Crippen LogP contribution in [0.1, 0.15) is 44.1 Å². The Morgan fingerprint density at radius 3 is 2.14 bits per heavy atom. The van der Waals surface area contributed by atoms with Crippen LogP contribution in [0.2, 0.25) is 0 Å². The zero-order valence-corrected chi connectivity index (χ0v) is 20.1. The van der Waals surface area contributed by atoms with Gasteiger partial charge in [-0.05, 0) is 29.5 Å². The number of piperazine rings is 1. The van der Waals surface area contributed by atoms with Gasteiger partial charge in [0.15, 0.2) is 0 Å². The van der Waals surface area contributed by atoms with Gasteiger partial charge in [0.05, 0.1) is 12.0 Å². The molecule has 0 aromatic heterocycles. The van der Waals surface area contributed by atoms with Crippen molar-refractivity contribution in [2.24, 2.45) is 0 Å². The maximum absolute atomic E-state index is 13.4. The number of hydrogen-bond donors (Lipinski definition) is 0. The van der Waals surface area contributed by atoms with Crippen LogP contribution >= 0.6 is 0 Å². The van der Waals surface area contributed by atoms with Gasteiger partial charge < -0.3 is 9.80 Å². The first kappa shape index (κ1) is 23.3. The van der Waals surface area contributed by atoms with Crippen molar-refractivity contribution < 1.29 is 19.2 Å². The largest absolute Gasteiger partial charge is 0.336 e. The van der Waals surface area contributed by atoms with Gasteiger partial charge >= 0.3 is 0 Å². The third-order valence-corrected chi connectivity index (χ3v) is 7.91. The number of nitrogens with zero attached hydrogens (tertiary/aromatic N) is 3. The summed E-state index contributed by atoms with van der Waals surface area (Å²) < 4.78 is 0. The van der Waals surface area contributed by atoms with Gasteiger partial charge in [-0.25, -0.2) is 0 Å². The molecule has 0 radical (unpaired) electrons. The summed E-state index contributed by atoms with van der Waals surface area (Å²) in [6.45, 7) is 1.03. The molecule has 0 N–H and O–H groups in total. The van der Waals surface area contributed by atoms with Crippen LogP contribution in [0.5, 0.6) is 0 Å². The lowest BCUT2D eigenvalue weighted by atomic mass is 9.75. The van der Waals surface area contributed by atoms with E-state index in [1.807, 2.05) is 59.5 Å². The molecule has 1 saturated carbocycles. The number of amides is 4. The molecule has 0 unspecified atom stereocenters. The van der Waals surface area contributed by atoms with E-state index in [0.717, 1.165) is 41.7 Å². The Bertz CT molecular complexity index is 1140. The molecule has 0 bridgehead atoms.